The van der Waals surface area contributed by atoms with Crippen LogP contribution in [0.3, 0.4) is 0 Å². The Hall–Kier alpha value is -1.38. The second-order valence-electron chi connectivity index (χ2n) is 3.12. The van der Waals surface area contributed by atoms with Crippen molar-refractivity contribution >= 4 is 33.0 Å². The van der Waals surface area contributed by atoms with E-state index in [-0.39, 0.29) is 0 Å². The average Bonchev–Trinajstić information content (AvgIpc) is 2.78. The van der Waals surface area contributed by atoms with E-state index in [0.717, 1.165) is 15.2 Å². The van der Waals surface area contributed by atoms with Crippen LogP contribution in [0.2, 0.25) is 0 Å². The number of nitriles is 1. The molecule has 2 rings (SSSR count). The molecule has 0 aliphatic heterocycles. The predicted molar refractivity (Wildman–Crippen MR) is 68.3 cm³/mol. The van der Waals surface area contributed by atoms with E-state index in [4.69, 9.17) is 5.26 Å². The van der Waals surface area contributed by atoms with Gasteiger partial charge in [-0.15, -0.1) is 11.3 Å². The lowest BCUT2D eigenvalue weighted by molar-refractivity contribution is 1.10. The molecule has 0 radical (unpaired) electrons. The summed E-state index contributed by atoms with van der Waals surface area (Å²) in [6.07, 6.45) is 1.78. The van der Waals surface area contributed by atoms with Crippen molar-refractivity contribution in [3.8, 4) is 6.07 Å². The Morgan fingerprint density at radius 2 is 2.31 bits per heavy atom. The van der Waals surface area contributed by atoms with Gasteiger partial charge in [0.05, 0.1) is 18.2 Å². The van der Waals surface area contributed by atoms with Gasteiger partial charge >= 0.3 is 0 Å². The molecule has 0 saturated carbocycles. The normalized spacial score (nSPS) is 9.75. The van der Waals surface area contributed by atoms with Crippen LogP contribution in [0.4, 0.5) is 5.69 Å². The number of rotatable bonds is 3. The summed E-state index contributed by atoms with van der Waals surface area (Å²) in [6, 6.07) is 7.66. The minimum absolute atomic E-state index is 0.635. The Labute approximate surface area is 106 Å². The molecule has 5 heteroatoms. The molecular formula is C11H8BrN3S. The highest BCUT2D eigenvalue weighted by atomic mass is 79.9. The number of halogens is 1. The number of thiazole rings is 1. The van der Waals surface area contributed by atoms with Gasteiger partial charge < -0.3 is 5.32 Å². The standard InChI is InChI=1S/C11H8BrN3S/c12-9-3-8(6-13)4-10(5-9)15-7-11-14-1-2-16-11/h1-5,15H,7H2. The monoisotopic (exact) mass is 293 g/mol. The smallest absolute Gasteiger partial charge is 0.112 e. The Bertz CT molecular complexity index is 517. The minimum Gasteiger partial charge on any atom is -0.378 e. The third-order valence-corrected chi connectivity index (χ3v) is 3.19. The van der Waals surface area contributed by atoms with Crippen LogP contribution in [-0.2, 0) is 6.54 Å². The van der Waals surface area contributed by atoms with Crippen molar-refractivity contribution in [2.75, 3.05) is 5.32 Å². The fraction of sp³-hybridized carbons (Fsp3) is 0.0909. The summed E-state index contributed by atoms with van der Waals surface area (Å²) in [4.78, 5) is 4.18. The molecular weight excluding hydrogens is 286 g/mol. The minimum atomic E-state index is 0.635. The van der Waals surface area contributed by atoms with Gasteiger partial charge in [0.15, 0.2) is 0 Å². The van der Waals surface area contributed by atoms with Crippen molar-refractivity contribution in [3.05, 3.63) is 44.8 Å². The molecule has 80 valence electrons. The van der Waals surface area contributed by atoms with Crippen LogP contribution in [0, 0.1) is 11.3 Å². The van der Waals surface area contributed by atoms with Crippen molar-refractivity contribution < 1.29 is 0 Å². The molecule has 2 aromatic rings. The van der Waals surface area contributed by atoms with Crippen molar-refractivity contribution in [1.82, 2.24) is 4.98 Å². The van der Waals surface area contributed by atoms with Crippen LogP contribution in [0.25, 0.3) is 0 Å². The number of nitrogens with one attached hydrogen (secondary N) is 1. The number of benzene rings is 1. The van der Waals surface area contributed by atoms with Gasteiger partial charge in [-0.3, -0.25) is 0 Å². The lowest BCUT2D eigenvalue weighted by Gasteiger charge is -2.05. The van der Waals surface area contributed by atoms with Crippen LogP contribution in [-0.4, -0.2) is 4.98 Å². The molecule has 0 aliphatic rings. The molecule has 0 spiro atoms. The molecule has 1 aromatic carbocycles. The predicted octanol–water partition coefficient (Wildman–Crippen LogP) is 3.39. The van der Waals surface area contributed by atoms with Crippen molar-refractivity contribution in [2.45, 2.75) is 6.54 Å². The van der Waals surface area contributed by atoms with Gasteiger partial charge in [-0.25, -0.2) is 4.98 Å². The molecule has 0 aliphatic carbocycles. The summed E-state index contributed by atoms with van der Waals surface area (Å²) < 4.78 is 0.896. The second kappa shape index (κ2) is 5.10. The van der Waals surface area contributed by atoms with Gasteiger partial charge in [0.1, 0.15) is 5.01 Å². The maximum atomic E-state index is 8.83. The third-order valence-electron chi connectivity index (χ3n) is 1.95. The molecule has 0 unspecified atom stereocenters. The largest absolute Gasteiger partial charge is 0.378 e. The van der Waals surface area contributed by atoms with E-state index in [1.54, 1.807) is 23.6 Å². The molecule has 0 saturated heterocycles. The van der Waals surface area contributed by atoms with Crippen molar-refractivity contribution in [3.63, 3.8) is 0 Å². The SMILES string of the molecule is N#Cc1cc(Br)cc(NCc2nccs2)c1. The molecule has 1 heterocycles. The quantitative estimate of drug-likeness (QED) is 0.944. The van der Waals surface area contributed by atoms with E-state index in [1.807, 2.05) is 17.5 Å². The lowest BCUT2D eigenvalue weighted by atomic mass is 10.2. The molecule has 0 bridgehead atoms. The van der Waals surface area contributed by atoms with E-state index in [1.165, 1.54) is 0 Å². The van der Waals surface area contributed by atoms with Gasteiger partial charge in [-0.1, -0.05) is 15.9 Å². The lowest BCUT2D eigenvalue weighted by Crippen LogP contribution is -1.98. The Kier molecular flexibility index (Phi) is 3.54. The zero-order valence-corrected chi connectivity index (χ0v) is 10.7. The average molecular weight is 294 g/mol. The van der Waals surface area contributed by atoms with E-state index in [2.05, 4.69) is 32.3 Å². The van der Waals surface area contributed by atoms with Crippen molar-refractivity contribution in [1.29, 1.82) is 5.26 Å². The number of nitrogens with zero attached hydrogens (tertiary/aromatic N) is 2. The molecule has 0 atom stereocenters. The third kappa shape index (κ3) is 2.81. The summed E-state index contributed by atoms with van der Waals surface area (Å²) in [5, 5.41) is 15.0. The topological polar surface area (TPSA) is 48.7 Å². The van der Waals surface area contributed by atoms with Crippen LogP contribution in [0.1, 0.15) is 10.6 Å². The van der Waals surface area contributed by atoms with Crippen LogP contribution >= 0.6 is 27.3 Å². The fourth-order valence-corrected chi connectivity index (χ4v) is 2.32. The van der Waals surface area contributed by atoms with Crippen LogP contribution in [0.5, 0.6) is 0 Å². The van der Waals surface area contributed by atoms with E-state index in [0.29, 0.717) is 12.1 Å². The number of aromatic nitrogens is 1. The van der Waals surface area contributed by atoms with Gasteiger partial charge in [0, 0.05) is 21.7 Å². The molecule has 1 aromatic heterocycles. The first-order chi connectivity index (χ1) is 7.78. The van der Waals surface area contributed by atoms with Crippen LogP contribution in [0.15, 0.2) is 34.2 Å². The van der Waals surface area contributed by atoms with Gasteiger partial charge in [-0.2, -0.15) is 5.26 Å². The first-order valence-electron chi connectivity index (χ1n) is 4.61. The molecule has 3 nitrogen and oxygen atoms in total. The number of hydrogen-bond acceptors (Lipinski definition) is 4. The first kappa shape index (κ1) is 11.1. The summed E-state index contributed by atoms with van der Waals surface area (Å²) in [6.45, 7) is 0.680. The number of anilines is 1. The zero-order chi connectivity index (χ0) is 11.4. The Morgan fingerprint density at radius 3 is 3.00 bits per heavy atom. The highest BCUT2D eigenvalue weighted by molar-refractivity contribution is 9.10. The number of hydrogen-bond donors (Lipinski definition) is 1. The molecule has 1 N–H and O–H groups in total. The van der Waals surface area contributed by atoms with Gasteiger partial charge in [0.2, 0.25) is 0 Å². The Morgan fingerprint density at radius 1 is 1.44 bits per heavy atom. The van der Waals surface area contributed by atoms with E-state index in [9.17, 15) is 0 Å². The highest BCUT2D eigenvalue weighted by Gasteiger charge is 2.00. The van der Waals surface area contributed by atoms with E-state index >= 15 is 0 Å². The summed E-state index contributed by atoms with van der Waals surface area (Å²) in [7, 11) is 0. The fourth-order valence-electron chi connectivity index (χ4n) is 1.27. The van der Waals surface area contributed by atoms with Gasteiger partial charge in [0.25, 0.3) is 0 Å². The van der Waals surface area contributed by atoms with Crippen LogP contribution < -0.4 is 5.32 Å². The molecule has 0 amide bonds. The Balaban J connectivity index is 2.10. The summed E-state index contributed by atoms with van der Waals surface area (Å²) in [5.74, 6) is 0. The maximum absolute atomic E-state index is 8.83. The first-order valence-corrected chi connectivity index (χ1v) is 6.28. The van der Waals surface area contributed by atoms with Gasteiger partial charge in [-0.05, 0) is 18.2 Å². The summed E-state index contributed by atoms with van der Waals surface area (Å²) >= 11 is 4.97. The zero-order valence-electron chi connectivity index (χ0n) is 8.27. The van der Waals surface area contributed by atoms with E-state index < -0.39 is 0 Å². The summed E-state index contributed by atoms with van der Waals surface area (Å²) in [5.41, 5.74) is 1.55. The molecule has 16 heavy (non-hydrogen) atoms. The second-order valence-corrected chi connectivity index (χ2v) is 5.01. The molecule has 0 fully saturated rings. The highest BCUT2D eigenvalue weighted by Crippen LogP contribution is 2.20. The maximum Gasteiger partial charge on any atom is 0.112 e. The van der Waals surface area contributed by atoms with Crippen molar-refractivity contribution in [2.24, 2.45) is 0 Å².